The summed E-state index contributed by atoms with van der Waals surface area (Å²) in [6.45, 7) is 4.08. The molecular formula is C21H28N4O3. The monoisotopic (exact) mass is 384 g/mol. The number of unbranched alkanes of at least 4 members (excludes halogenated alkanes) is 1. The van der Waals surface area contributed by atoms with Gasteiger partial charge < -0.3 is 19.9 Å². The Morgan fingerprint density at radius 2 is 2.00 bits per heavy atom. The van der Waals surface area contributed by atoms with Crippen LogP contribution in [0.1, 0.15) is 54.5 Å². The molecule has 1 aliphatic rings. The smallest absolute Gasteiger partial charge is 0.251 e. The molecule has 0 fully saturated rings. The first-order valence-electron chi connectivity index (χ1n) is 9.98. The van der Waals surface area contributed by atoms with E-state index in [2.05, 4.69) is 27.1 Å². The lowest BCUT2D eigenvalue weighted by Crippen LogP contribution is -2.36. The van der Waals surface area contributed by atoms with Gasteiger partial charge in [-0.3, -0.25) is 9.59 Å². The van der Waals surface area contributed by atoms with E-state index < -0.39 is 0 Å². The Kier molecular flexibility index (Phi) is 7.06. The van der Waals surface area contributed by atoms with Crippen LogP contribution < -0.4 is 15.4 Å². The Labute approximate surface area is 165 Å². The molecule has 1 aromatic carbocycles. The third kappa shape index (κ3) is 5.58. The number of hydrogen-bond donors (Lipinski definition) is 2. The summed E-state index contributed by atoms with van der Waals surface area (Å²) in [7, 11) is 0. The number of benzene rings is 1. The van der Waals surface area contributed by atoms with Crippen LogP contribution in [0, 0.1) is 0 Å². The molecule has 1 aliphatic heterocycles. The summed E-state index contributed by atoms with van der Waals surface area (Å²) in [6.07, 6.45) is 7.40. The molecule has 7 nitrogen and oxygen atoms in total. The molecule has 1 aromatic heterocycles. The van der Waals surface area contributed by atoms with Gasteiger partial charge in [-0.25, -0.2) is 4.98 Å². The number of nitrogens with one attached hydrogen (secondary N) is 2. The fraction of sp³-hybridized carbons (Fsp3) is 0.476. The molecule has 0 saturated carbocycles. The summed E-state index contributed by atoms with van der Waals surface area (Å²) < 4.78 is 7.74. The minimum atomic E-state index is -0.285. The van der Waals surface area contributed by atoms with Gasteiger partial charge in [-0.15, -0.1) is 0 Å². The van der Waals surface area contributed by atoms with Crippen molar-refractivity contribution < 1.29 is 14.3 Å². The molecule has 0 spiro atoms. The maximum atomic E-state index is 12.2. The molecule has 2 amide bonds. The minimum Gasteiger partial charge on any atom is -0.494 e. The van der Waals surface area contributed by atoms with Crippen molar-refractivity contribution >= 4 is 11.8 Å². The zero-order valence-corrected chi connectivity index (χ0v) is 16.4. The van der Waals surface area contributed by atoms with E-state index in [0.717, 1.165) is 43.1 Å². The van der Waals surface area contributed by atoms with Gasteiger partial charge in [-0.05, 0) is 43.5 Å². The van der Waals surface area contributed by atoms with Gasteiger partial charge in [0.1, 0.15) is 11.6 Å². The molecule has 7 heteroatoms. The van der Waals surface area contributed by atoms with E-state index in [0.29, 0.717) is 18.7 Å². The molecule has 150 valence electrons. The second-order valence-electron chi connectivity index (χ2n) is 6.98. The van der Waals surface area contributed by atoms with Crippen LogP contribution in [-0.2, 0) is 24.3 Å². The van der Waals surface area contributed by atoms with Gasteiger partial charge in [0, 0.05) is 24.7 Å². The van der Waals surface area contributed by atoms with E-state index in [1.807, 2.05) is 6.20 Å². The van der Waals surface area contributed by atoms with Crippen LogP contribution in [0.3, 0.4) is 0 Å². The Bertz CT molecular complexity index is 775. The number of ether oxygens (including phenoxy) is 1. The molecule has 0 atom stereocenters. The molecule has 0 aliphatic carbocycles. The Hall–Kier alpha value is -2.83. The molecule has 3 rings (SSSR count). The summed E-state index contributed by atoms with van der Waals surface area (Å²) >= 11 is 0. The number of hydrogen-bond acceptors (Lipinski definition) is 4. The highest BCUT2D eigenvalue weighted by Crippen LogP contribution is 2.14. The van der Waals surface area contributed by atoms with Crippen molar-refractivity contribution in [3.63, 3.8) is 0 Å². The molecule has 0 bridgehead atoms. The highest BCUT2D eigenvalue weighted by atomic mass is 16.5. The first-order chi connectivity index (χ1) is 13.7. The van der Waals surface area contributed by atoms with Crippen LogP contribution in [-0.4, -0.2) is 34.5 Å². The molecule has 28 heavy (non-hydrogen) atoms. The van der Waals surface area contributed by atoms with Crippen molar-refractivity contribution in [1.82, 2.24) is 20.2 Å². The number of imidazole rings is 1. The second kappa shape index (κ2) is 9.92. The van der Waals surface area contributed by atoms with Gasteiger partial charge in [-0.2, -0.15) is 0 Å². The molecule has 0 unspecified atom stereocenters. The third-order valence-electron chi connectivity index (χ3n) is 4.72. The van der Waals surface area contributed by atoms with Crippen LogP contribution in [0.25, 0.3) is 0 Å². The number of amides is 2. The molecule has 2 aromatic rings. The van der Waals surface area contributed by atoms with Crippen molar-refractivity contribution in [3.8, 4) is 5.75 Å². The first kappa shape index (κ1) is 19.9. The van der Waals surface area contributed by atoms with E-state index in [1.54, 1.807) is 24.3 Å². The summed E-state index contributed by atoms with van der Waals surface area (Å²) in [5, 5.41) is 5.44. The fourth-order valence-corrected chi connectivity index (χ4v) is 3.11. The van der Waals surface area contributed by atoms with E-state index in [-0.39, 0.29) is 18.4 Å². The van der Waals surface area contributed by atoms with Crippen LogP contribution >= 0.6 is 0 Å². The van der Waals surface area contributed by atoms with Crippen LogP contribution in [0.5, 0.6) is 5.75 Å². The number of carbonyl (C=O) groups is 2. The van der Waals surface area contributed by atoms with Gasteiger partial charge in [0.2, 0.25) is 5.91 Å². The number of aryl methyl sites for hydroxylation is 2. The Morgan fingerprint density at radius 1 is 1.18 bits per heavy atom. The van der Waals surface area contributed by atoms with E-state index in [1.165, 1.54) is 12.8 Å². The summed E-state index contributed by atoms with van der Waals surface area (Å²) in [5.41, 5.74) is 1.35. The van der Waals surface area contributed by atoms with E-state index in [4.69, 9.17) is 4.74 Å². The predicted octanol–water partition coefficient (Wildman–Crippen LogP) is 2.44. The normalized spacial score (nSPS) is 12.9. The average Bonchev–Trinajstić information content (AvgIpc) is 3.14. The lowest BCUT2D eigenvalue weighted by atomic mass is 10.2. The number of rotatable bonds is 9. The SMILES string of the molecule is CCCCOc1ccc(C(=O)NCC(=O)NCc2cn3c(n2)CCCC3)cc1. The Balaban J connectivity index is 1.40. The summed E-state index contributed by atoms with van der Waals surface area (Å²) in [4.78, 5) is 28.7. The van der Waals surface area contributed by atoms with Crippen molar-refractivity contribution in [2.45, 2.75) is 52.1 Å². The van der Waals surface area contributed by atoms with Crippen LogP contribution in [0.15, 0.2) is 30.5 Å². The minimum absolute atomic E-state index is 0.0683. The molecule has 2 N–H and O–H groups in total. The van der Waals surface area contributed by atoms with Gasteiger partial charge in [-0.1, -0.05) is 13.3 Å². The highest BCUT2D eigenvalue weighted by Gasteiger charge is 2.13. The zero-order valence-electron chi connectivity index (χ0n) is 16.4. The number of fused-ring (bicyclic) bond motifs is 1. The van der Waals surface area contributed by atoms with E-state index >= 15 is 0 Å². The van der Waals surface area contributed by atoms with Crippen LogP contribution in [0.2, 0.25) is 0 Å². The van der Waals surface area contributed by atoms with E-state index in [9.17, 15) is 9.59 Å². The maximum absolute atomic E-state index is 12.2. The maximum Gasteiger partial charge on any atom is 0.251 e. The number of carbonyl (C=O) groups excluding carboxylic acids is 2. The van der Waals surface area contributed by atoms with Crippen LogP contribution in [0.4, 0.5) is 0 Å². The first-order valence-corrected chi connectivity index (χ1v) is 9.98. The lowest BCUT2D eigenvalue weighted by Gasteiger charge is -2.11. The summed E-state index contributed by atoms with van der Waals surface area (Å²) in [5.74, 6) is 1.31. The quantitative estimate of drug-likeness (QED) is 0.651. The fourth-order valence-electron chi connectivity index (χ4n) is 3.11. The number of nitrogens with zero attached hydrogens (tertiary/aromatic N) is 2. The van der Waals surface area contributed by atoms with Gasteiger partial charge >= 0.3 is 0 Å². The standard InChI is InChI=1S/C21H28N4O3/c1-2-3-12-28-18-9-7-16(8-10-18)21(27)23-14-20(26)22-13-17-15-25-11-5-4-6-19(25)24-17/h7-10,15H,2-6,11-14H2,1H3,(H,22,26)(H,23,27). The predicted molar refractivity (Wildman–Crippen MR) is 106 cm³/mol. The van der Waals surface area contributed by atoms with Gasteiger partial charge in [0.05, 0.1) is 25.4 Å². The highest BCUT2D eigenvalue weighted by molar-refractivity contribution is 5.96. The van der Waals surface area contributed by atoms with Crippen molar-refractivity contribution in [2.24, 2.45) is 0 Å². The van der Waals surface area contributed by atoms with Crippen molar-refractivity contribution in [2.75, 3.05) is 13.2 Å². The number of aromatic nitrogens is 2. The average molecular weight is 384 g/mol. The van der Waals surface area contributed by atoms with Gasteiger partial charge in [0.25, 0.3) is 5.91 Å². The zero-order chi connectivity index (χ0) is 19.8. The molecule has 0 radical (unpaired) electrons. The lowest BCUT2D eigenvalue weighted by molar-refractivity contribution is -0.120. The molecular weight excluding hydrogens is 356 g/mol. The summed E-state index contributed by atoms with van der Waals surface area (Å²) in [6, 6.07) is 6.94. The largest absolute Gasteiger partial charge is 0.494 e. The van der Waals surface area contributed by atoms with Gasteiger partial charge in [0.15, 0.2) is 0 Å². The van der Waals surface area contributed by atoms with Crippen molar-refractivity contribution in [1.29, 1.82) is 0 Å². The second-order valence-corrected chi connectivity index (χ2v) is 6.98. The third-order valence-corrected chi connectivity index (χ3v) is 4.72. The Morgan fingerprint density at radius 3 is 2.75 bits per heavy atom. The molecule has 2 heterocycles. The van der Waals surface area contributed by atoms with Crippen molar-refractivity contribution in [3.05, 3.63) is 47.5 Å². The molecule has 0 saturated heterocycles. The topological polar surface area (TPSA) is 85.2 Å².